The summed E-state index contributed by atoms with van der Waals surface area (Å²) < 4.78 is 0. The van der Waals surface area contributed by atoms with Crippen LogP contribution in [0.1, 0.15) is 18.0 Å². The third-order valence-electron chi connectivity index (χ3n) is 2.90. The fraction of sp³-hybridized carbons (Fsp3) is 0.250. The molecule has 0 aliphatic carbocycles. The highest BCUT2D eigenvalue weighted by Crippen LogP contribution is 2.30. The van der Waals surface area contributed by atoms with E-state index >= 15 is 0 Å². The Morgan fingerprint density at radius 1 is 1.33 bits per heavy atom. The third-order valence-corrected chi connectivity index (χ3v) is 3.21. The van der Waals surface area contributed by atoms with Crippen LogP contribution in [-0.4, -0.2) is 11.5 Å². The second kappa shape index (κ2) is 3.47. The van der Waals surface area contributed by atoms with Crippen molar-refractivity contribution in [3.05, 3.63) is 41.0 Å². The maximum absolute atomic E-state index is 6.16. The van der Waals surface area contributed by atoms with Crippen LogP contribution in [0.4, 0.5) is 0 Å². The van der Waals surface area contributed by atoms with Crippen LogP contribution in [0.3, 0.4) is 0 Å². The number of aromatic nitrogens is 1. The molecule has 0 spiro atoms. The van der Waals surface area contributed by atoms with E-state index in [1.54, 1.807) is 0 Å². The molecule has 1 saturated heterocycles. The molecule has 1 atom stereocenters. The molecule has 1 aromatic heterocycles. The summed E-state index contributed by atoms with van der Waals surface area (Å²) >= 11 is 6.16. The summed E-state index contributed by atoms with van der Waals surface area (Å²) in [7, 11) is 0. The maximum Gasteiger partial charge on any atom is 0.134 e. The van der Waals surface area contributed by atoms with E-state index in [2.05, 4.69) is 22.4 Å². The Bertz CT molecular complexity index is 506. The van der Waals surface area contributed by atoms with Gasteiger partial charge in [-0.2, -0.15) is 0 Å². The van der Waals surface area contributed by atoms with Crippen LogP contribution >= 0.6 is 11.6 Å². The molecule has 0 bridgehead atoms. The van der Waals surface area contributed by atoms with Crippen molar-refractivity contribution >= 4 is 22.5 Å². The van der Waals surface area contributed by atoms with Gasteiger partial charge in [0.2, 0.25) is 0 Å². The Morgan fingerprint density at radius 2 is 2.13 bits per heavy atom. The SMILES string of the molecule is Clc1nc2ccccc2cc1[C@H]1CCN1. The van der Waals surface area contributed by atoms with Crippen LogP contribution in [0.5, 0.6) is 0 Å². The van der Waals surface area contributed by atoms with E-state index in [9.17, 15) is 0 Å². The van der Waals surface area contributed by atoms with Crippen molar-refractivity contribution in [2.24, 2.45) is 0 Å². The lowest BCUT2D eigenvalue weighted by Gasteiger charge is -2.28. The first-order chi connectivity index (χ1) is 7.34. The fourth-order valence-corrected chi connectivity index (χ4v) is 2.18. The molecule has 0 amide bonds. The zero-order valence-electron chi connectivity index (χ0n) is 8.20. The molecule has 0 saturated carbocycles. The van der Waals surface area contributed by atoms with Gasteiger partial charge in [0, 0.05) is 17.0 Å². The molecule has 2 nitrogen and oxygen atoms in total. The molecule has 2 heterocycles. The van der Waals surface area contributed by atoms with Crippen LogP contribution < -0.4 is 5.32 Å². The summed E-state index contributed by atoms with van der Waals surface area (Å²) in [5, 5.41) is 5.13. The number of hydrogen-bond donors (Lipinski definition) is 1. The monoisotopic (exact) mass is 218 g/mol. The Morgan fingerprint density at radius 3 is 2.87 bits per heavy atom. The fourth-order valence-electron chi connectivity index (χ4n) is 1.91. The number of benzene rings is 1. The van der Waals surface area contributed by atoms with E-state index in [-0.39, 0.29) is 0 Å². The van der Waals surface area contributed by atoms with Gasteiger partial charge in [-0.15, -0.1) is 0 Å². The summed E-state index contributed by atoms with van der Waals surface area (Å²) in [5.74, 6) is 0. The minimum atomic E-state index is 0.398. The highest BCUT2D eigenvalue weighted by Gasteiger charge is 2.21. The van der Waals surface area contributed by atoms with E-state index < -0.39 is 0 Å². The highest BCUT2D eigenvalue weighted by atomic mass is 35.5. The smallest absolute Gasteiger partial charge is 0.134 e. The van der Waals surface area contributed by atoms with Crippen molar-refractivity contribution < 1.29 is 0 Å². The predicted molar refractivity (Wildman–Crippen MR) is 62.1 cm³/mol. The zero-order chi connectivity index (χ0) is 10.3. The van der Waals surface area contributed by atoms with E-state index in [0.717, 1.165) is 29.4 Å². The minimum Gasteiger partial charge on any atom is -0.310 e. The summed E-state index contributed by atoms with van der Waals surface area (Å²) in [6.07, 6.45) is 1.15. The molecular formula is C12H11ClN2. The molecule has 1 N–H and O–H groups in total. The van der Waals surface area contributed by atoms with Crippen molar-refractivity contribution in [1.29, 1.82) is 0 Å². The molecule has 3 rings (SSSR count). The Hall–Kier alpha value is -1.12. The number of rotatable bonds is 1. The number of nitrogens with zero attached hydrogens (tertiary/aromatic N) is 1. The van der Waals surface area contributed by atoms with Gasteiger partial charge in [0.15, 0.2) is 0 Å². The number of fused-ring (bicyclic) bond motifs is 1. The molecule has 0 unspecified atom stereocenters. The lowest BCUT2D eigenvalue weighted by molar-refractivity contribution is 0.383. The molecule has 2 aromatic rings. The van der Waals surface area contributed by atoms with Crippen LogP contribution in [0, 0.1) is 0 Å². The van der Waals surface area contributed by atoms with Gasteiger partial charge in [-0.25, -0.2) is 4.98 Å². The number of nitrogens with one attached hydrogen (secondary N) is 1. The van der Waals surface area contributed by atoms with Crippen molar-refractivity contribution in [3.8, 4) is 0 Å². The van der Waals surface area contributed by atoms with Crippen LogP contribution in [0.2, 0.25) is 5.15 Å². The van der Waals surface area contributed by atoms with E-state index in [4.69, 9.17) is 11.6 Å². The zero-order valence-corrected chi connectivity index (χ0v) is 8.96. The van der Waals surface area contributed by atoms with Gasteiger partial charge in [0.25, 0.3) is 0 Å². The predicted octanol–water partition coefficient (Wildman–Crippen LogP) is 2.92. The van der Waals surface area contributed by atoms with Gasteiger partial charge in [0.05, 0.1) is 5.52 Å². The van der Waals surface area contributed by atoms with Crippen LogP contribution in [0.15, 0.2) is 30.3 Å². The second-order valence-corrected chi connectivity index (χ2v) is 4.21. The van der Waals surface area contributed by atoms with Gasteiger partial charge in [-0.05, 0) is 25.1 Å². The van der Waals surface area contributed by atoms with Crippen molar-refractivity contribution in [1.82, 2.24) is 10.3 Å². The van der Waals surface area contributed by atoms with Crippen molar-refractivity contribution in [2.75, 3.05) is 6.54 Å². The topological polar surface area (TPSA) is 24.9 Å². The van der Waals surface area contributed by atoms with Crippen molar-refractivity contribution in [2.45, 2.75) is 12.5 Å². The molecule has 1 fully saturated rings. The van der Waals surface area contributed by atoms with E-state index in [1.807, 2.05) is 18.2 Å². The molecule has 0 radical (unpaired) electrons. The van der Waals surface area contributed by atoms with Crippen molar-refractivity contribution in [3.63, 3.8) is 0 Å². The molecular weight excluding hydrogens is 208 g/mol. The van der Waals surface area contributed by atoms with E-state index in [1.165, 1.54) is 0 Å². The highest BCUT2D eigenvalue weighted by molar-refractivity contribution is 6.30. The maximum atomic E-state index is 6.16. The molecule has 3 heteroatoms. The number of para-hydroxylation sites is 1. The quantitative estimate of drug-likeness (QED) is 0.745. The van der Waals surface area contributed by atoms with Gasteiger partial charge in [-0.1, -0.05) is 29.8 Å². The Kier molecular flexibility index (Phi) is 2.11. The second-order valence-electron chi connectivity index (χ2n) is 3.86. The van der Waals surface area contributed by atoms with Gasteiger partial charge >= 0.3 is 0 Å². The van der Waals surface area contributed by atoms with Gasteiger partial charge in [-0.3, -0.25) is 0 Å². The largest absolute Gasteiger partial charge is 0.310 e. The standard InChI is InChI=1S/C12H11ClN2/c13-12-9(11-5-6-14-11)7-8-3-1-2-4-10(8)15-12/h1-4,7,11,14H,5-6H2/t11-/m1/s1. The Labute approximate surface area is 93.3 Å². The number of hydrogen-bond acceptors (Lipinski definition) is 2. The third kappa shape index (κ3) is 1.50. The first kappa shape index (κ1) is 9.13. The van der Waals surface area contributed by atoms with Gasteiger partial charge in [0.1, 0.15) is 5.15 Å². The molecule has 1 aromatic carbocycles. The molecule has 15 heavy (non-hydrogen) atoms. The van der Waals surface area contributed by atoms with Crippen LogP contribution in [0.25, 0.3) is 10.9 Å². The Balaban J connectivity index is 2.17. The van der Waals surface area contributed by atoms with Crippen LogP contribution in [-0.2, 0) is 0 Å². The summed E-state index contributed by atoms with van der Waals surface area (Å²) in [5.41, 5.74) is 2.09. The summed E-state index contributed by atoms with van der Waals surface area (Å²) in [4.78, 5) is 4.40. The van der Waals surface area contributed by atoms with Gasteiger partial charge < -0.3 is 5.32 Å². The lowest BCUT2D eigenvalue weighted by Crippen LogP contribution is -2.35. The average Bonchev–Trinajstić information content (AvgIpc) is 2.16. The normalized spacial score (nSPS) is 20.2. The first-order valence-corrected chi connectivity index (χ1v) is 5.51. The summed E-state index contributed by atoms with van der Waals surface area (Å²) in [6.45, 7) is 1.08. The van der Waals surface area contributed by atoms with E-state index in [0.29, 0.717) is 11.2 Å². The molecule has 76 valence electrons. The molecule has 1 aliphatic rings. The number of pyridine rings is 1. The number of halogens is 1. The lowest BCUT2D eigenvalue weighted by atomic mass is 9.98. The average molecular weight is 219 g/mol. The summed E-state index contributed by atoms with van der Waals surface area (Å²) in [6, 6.07) is 10.6. The first-order valence-electron chi connectivity index (χ1n) is 5.13. The molecule has 1 aliphatic heterocycles. The minimum absolute atomic E-state index is 0.398.